The van der Waals surface area contributed by atoms with Crippen molar-refractivity contribution in [3.8, 4) is 0 Å². The van der Waals surface area contributed by atoms with Crippen LogP contribution in [0.4, 0.5) is 0 Å². The van der Waals surface area contributed by atoms with Crippen LogP contribution in [-0.4, -0.2) is 6.54 Å². The Labute approximate surface area is 104 Å². The first kappa shape index (κ1) is 13.5. The number of hydrogen-bond acceptors (Lipinski definition) is 2. The zero-order valence-corrected chi connectivity index (χ0v) is 11.9. The summed E-state index contributed by atoms with van der Waals surface area (Å²) in [6.45, 7) is 13.0. The molecule has 1 N–H and O–H groups in total. The van der Waals surface area contributed by atoms with Crippen LogP contribution in [0.1, 0.15) is 44.4 Å². The van der Waals surface area contributed by atoms with Gasteiger partial charge in [-0.1, -0.05) is 32.4 Å². The van der Waals surface area contributed by atoms with E-state index in [0.717, 1.165) is 13.1 Å². The summed E-state index contributed by atoms with van der Waals surface area (Å²) >= 11 is 1.92. The molecule has 0 saturated carbocycles. The van der Waals surface area contributed by atoms with Crippen molar-refractivity contribution in [1.29, 1.82) is 0 Å². The number of allylic oxidation sites excluding steroid dienone is 1. The highest BCUT2D eigenvalue weighted by molar-refractivity contribution is 7.12. The van der Waals surface area contributed by atoms with Crippen molar-refractivity contribution in [2.24, 2.45) is 0 Å². The standard InChI is InChI=1S/C14H23NS/c1-11(2)8-9-15-10-12-6-7-13(16-12)14(3,4)5/h6-8,15H,9-10H2,1-5H3. The fourth-order valence-electron chi connectivity index (χ4n) is 1.35. The molecule has 0 bridgehead atoms. The van der Waals surface area contributed by atoms with Crippen LogP contribution in [0.2, 0.25) is 0 Å². The van der Waals surface area contributed by atoms with E-state index in [-0.39, 0.29) is 5.41 Å². The molecule has 1 aromatic heterocycles. The fourth-order valence-corrected chi connectivity index (χ4v) is 2.38. The van der Waals surface area contributed by atoms with Crippen molar-refractivity contribution in [2.45, 2.75) is 46.6 Å². The summed E-state index contributed by atoms with van der Waals surface area (Å²) in [7, 11) is 0. The molecule has 1 heterocycles. The van der Waals surface area contributed by atoms with Crippen LogP contribution in [0.5, 0.6) is 0 Å². The second-order valence-electron chi connectivity index (χ2n) is 5.43. The molecule has 0 aromatic carbocycles. The van der Waals surface area contributed by atoms with Crippen molar-refractivity contribution in [3.05, 3.63) is 33.5 Å². The molecular weight excluding hydrogens is 214 g/mol. The molecule has 0 aliphatic heterocycles. The third-order valence-corrected chi connectivity index (χ3v) is 3.87. The fraction of sp³-hybridized carbons (Fsp3) is 0.571. The van der Waals surface area contributed by atoms with Gasteiger partial charge in [-0.15, -0.1) is 11.3 Å². The second-order valence-corrected chi connectivity index (χ2v) is 6.60. The number of hydrogen-bond donors (Lipinski definition) is 1. The van der Waals surface area contributed by atoms with Crippen LogP contribution in [0.25, 0.3) is 0 Å². The lowest BCUT2D eigenvalue weighted by molar-refractivity contribution is 0.604. The summed E-state index contributed by atoms with van der Waals surface area (Å²) in [5.74, 6) is 0. The van der Waals surface area contributed by atoms with Gasteiger partial charge in [-0.25, -0.2) is 0 Å². The Morgan fingerprint density at radius 1 is 1.31 bits per heavy atom. The first-order valence-corrected chi connectivity index (χ1v) is 6.64. The van der Waals surface area contributed by atoms with E-state index >= 15 is 0 Å². The minimum Gasteiger partial charge on any atom is -0.308 e. The van der Waals surface area contributed by atoms with E-state index < -0.39 is 0 Å². The predicted octanol–water partition coefficient (Wildman–Crippen LogP) is 4.10. The Morgan fingerprint density at radius 2 is 2.00 bits per heavy atom. The Balaban J connectivity index is 2.44. The van der Waals surface area contributed by atoms with E-state index in [9.17, 15) is 0 Å². The normalized spacial score (nSPS) is 11.6. The first-order valence-electron chi connectivity index (χ1n) is 5.83. The zero-order valence-electron chi connectivity index (χ0n) is 11.1. The number of thiophene rings is 1. The van der Waals surface area contributed by atoms with Crippen LogP contribution < -0.4 is 5.32 Å². The van der Waals surface area contributed by atoms with E-state index in [1.165, 1.54) is 15.3 Å². The molecule has 16 heavy (non-hydrogen) atoms. The largest absolute Gasteiger partial charge is 0.308 e. The van der Waals surface area contributed by atoms with Crippen molar-refractivity contribution in [3.63, 3.8) is 0 Å². The Bertz CT molecular complexity index is 351. The van der Waals surface area contributed by atoms with Gasteiger partial charge in [0.1, 0.15) is 0 Å². The molecular formula is C14H23NS. The highest BCUT2D eigenvalue weighted by Crippen LogP contribution is 2.29. The van der Waals surface area contributed by atoms with Crippen LogP contribution >= 0.6 is 11.3 Å². The third-order valence-electron chi connectivity index (χ3n) is 2.35. The molecule has 0 radical (unpaired) electrons. The van der Waals surface area contributed by atoms with Gasteiger partial charge in [0.15, 0.2) is 0 Å². The maximum atomic E-state index is 3.43. The van der Waals surface area contributed by atoms with Gasteiger partial charge in [0.05, 0.1) is 0 Å². The van der Waals surface area contributed by atoms with Crippen molar-refractivity contribution in [2.75, 3.05) is 6.54 Å². The molecule has 0 amide bonds. The SMILES string of the molecule is CC(C)=CCNCc1ccc(C(C)(C)C)s1. The first-order chi connectivity index (χ1) is 7.39. The molecule has 0 spiro atoms. The molecule has 0 aliphatic rings. The average Bonchev–Trinajstić information content (AvgIpc) is 2.59. The minimum absolute atomic E-state index is 0.281. The van der Waals surface area contributed by atoms with E-state index in [1.54, 1.807) is 0 Å². The van der Waals surface area contributed by atoms with E-state index in [1.807, 2.05) is 11.3 Å². The zero-order chi connectivity index (χ0) is 12.2. The summed E-state index contributed by atoms with van der Waals surface area (Å²) in [6.07, 6.45) is 2.22. The molecule has 1 nitrogen and oxygen atoms in total. The molecule has 1 aromatic rings. The minimum atomic E-state index is 0.281. The molecule has 0 unspecified atom stereocenters. The van der Waals surface area contributed by atoms with Gasteiger partial charge in [-0.05, 0) is 31.4 Å². The van der Waals surface area contributed by atoms with Gasteiger partial charge >= 0.3 is 0 Å². The average molecular weight is 237 g/mol. The van der Waals surface area contributed by atoms with Gasteiger partial charge in [0, 0.05) is 22.8 Å². The molecule has 0 aliphatic carbocycles. The molecule has 90 valence electrons. The van der Waals surface area contributed by atoms with Crippen molar-refractivity contribution < 1.29 is 0 Å². The second kappa shape index (κ2) is 5.65. The topological polar surface area (TPSA) is 12.0 Å². The van der Waals surface area contributed by atoms with E-state index in [0.29, 0.717) is 0 Å². The Hall–Kier alpha value is -0.600. The molecule has 2 heteroatoms. The van der Waals surface area contributed by atoms with Gasteiger partial charge < -0.3 is 5.32 Å². The molecule has 0 saturated heterocycles. The van der Waals surface area contributed by atoms with Gasteiger partial charge in [-0.2, -0.15) is 0 Å². The smallest absolute Gasteiger partial charge is 0.0302 e. The number of nitrogens with one attached hydrogen (secondary N) is 1. The highest BCUT2D eigenvalue weighted by atomic mass is 32.1. The molecule has 0 fully saturated rings. The van der Waals surface area contributed by atoms with Crippen molar-refractivity contribution >= 4 is 11.3 Å². The molecule has 0 atom stereocenters. The summed E-state index contributed by atoms with van der Waals surface area (Å²) in [5, 5.41) is 3.43. The van der Waals surface area contributed by atoms with Crippen molar-refractivity contribution in [1.82, 2.24) is 5.32 Å². The monoisotopic (exact) mass is 237 g/mol. The summed E-state index contributed by atoms with van der Waals surface area (Å²) in [6, 6.07) is 4.49. The van der Waals surface area contributed by atoms with E-state index in [4.69, 9.17) is 0 Å². The molecule has 1 rings (SSSR count). The Kier molecular flexibility index (Phi) is 4.75. The number of rotatable bonds is 4. The van der Waals surface area contributed by atoms with Gasteiger partial charge in [-0.3, -0.25) is 0 Å². The van der Waals surface area contributed by atoms with Crippen LogP contribution in [0, 0.1) is 0 Å². The summed E-state index contributed by atoms with van der Waals surface area (Å²) in [5.41, 5.74) is 1.65. The van der Waals surface area contributed by atoms with Crippen LogP contribution in [0.15, 0.2) is 23.8 Å². The lowest BCUT2D eigenvalue weighted by Crippen LogP contribution is -2.12. The third kappa shape index (κ3) is 4.50. The van der Waals surface area contributed by atoms with E-state index in [2.05, 4.69) is 58.1 Å². The maximum Gasteiger partial charge on any atom is 0.0302 e. The van der Waals surface area contributed by atoms with Gasteiger partial charge in [0.2, 0.25) is 0 Å². The Morgan fingerprint density at radius 3 is 2.50 bits per heavy atom. The van der Waals surface area contributed by atoms with Crippen LogP contribution in [-0.2, 0) is 12.0 Å². The predicted molar refractivity (Wildman–Crippen MR) is 74.2 cm³/mol. The summed E-state index contributed by atoms with van der Waals surface area (Å²) in [4.78, 5) is 2.89. The van der Waals surface area contributed by atoms with Crippen LogP contribution in [0.3, 0.4) is 0 Å². The summed E-state index contributed by atoms with van der Waals surface area (Å²) < 4.78 is 0. The maximum absolute atomic E-state index is 3.43. The lowest BCUT2D eigenvalue weighted by atomic mass is 9.95. The van der Waals surface area contributed by atoms with Gasteiger partial charge in [0.25, 0.3) is 0 Å². The highest BCUT2D eigenvalue weighted by Gasteiger charge is 2.15. The quantitative estimate of drug-likeness (QED) is 0.614. The lowest BCUT2D eigenvalue weighted by Gasteiger charge is -2.15.